The Morgan fingerprint density at radius 3 is 1.00 bits per heavy atom. The molecule has 0 saturated heterocycles. The third-order valence-corrected chi connectivity index (χ3v) is 21.3. The Morgan fingerprint density at radius 2 is 0.806 bits per heavy atom. The van der Waals surface area contributed by atoms with Gasteiger partial charge in [0, 0.05) is 23.0 Å². The molecule has 0 radical (unpaired) electrons. The van der Waals surface area contributed by atoms with Crippen LogP contribution in [-0.2, 0) is 8.85 Å². The van der Waals surface area contributed by atoms with E-state index in [9.17, 15) is 0 Å². The molecule has 0 aliphatic carbocycles. The van der Waals surface area contributed by atoms with E-state index >= 15 is 0 Å². The van der Waals surface area contributed by atoms with Crippen LogP contribution in [0.3, 0.4) is 0 Å². The van der Waals surface area contributed by atoms with Gasteiger partial charge in [-0.3, -0.25) is 0 Å². The van der Waals surface area contributed by atoms with Crippen LogP contribution in [0.2, 0.25) is 24.2 Å². The van der Waals surface area contributed by atoms with Crippen LogP contribution in [0.5, 0.6) is 0 Å². The van der Waals surface area contributed by atoms with Gasteiger partial charge in [0.2, 0.25) is 16.6 Å². The highest BCUT2D eigenvalue weighted by Crippen LogP contribution is 2.43. The summed E-state index contributed by atoms with van der Waals surface area (Å²) < 4.78 is 13.7. The van der Waals surface area contributed by atoms with Crippen molar-refractivity contribution < 1.29 is 8.85 Å². The predicted molar refractivity (Wildman–Crippen MR) is 149 cm³/mol. The van der Waals surface area contributed by atoms with Gasteiger partial charge in [0.05, 0.1) is 0 Å². The Kier molecular flexibility index (Phi) is 19.5. The molecule has 0 N–H and O–H groups in total. The van der Waals surface area contributed by atoms with E-state index in [1.807, 2.05) is 0 Å². The molecule has 2 atom stereocenters. The normalized spacial score (nSPS) is 14.7. The molecule has 2 nitrogen and oxygen atoms in total. The number of thioether (sulfide) groups is 1. The lowest BCUT2D eigenvalue weighted by molar-refractivity contribution is 0.311. The minimum absolute atomic E-state index is 0.714. The molecule has 188 valence electrons. The Bertz CT molecular complexity index is 357. The molecule has 0 fully saturated rings. The number of hydrogen-bond acceptors (Lipinski definition) is 3. The largest absolute Gasteiger partial charge is 0.416 e. The maximum Gasteiger partial charge on any atom is 0.205 e. The third kappa shape index (κ3) is 10.7. The number of hydrogen-bond donors (Lipinski definition) is 0. The molecule has 2 unspecified atom stereocenters. The van der Waals surface area contributed by atoms with Crippen LogP contribution in [0.25, 0.3) is 0 Å². The summed E-state index contributed by atoms with van der Waals surface area (Å²) in [5, 5.41) is 0. The third-order valence-electron chi connectivity index (χ3n) is 6.92. The Morgan fingerprint density at radius 1 is 0.516 bits per heavy atom. The average molecular weight is 491 g/mol. The Hall–Kier alpha value is 0.704. The molecule has 0 rings (SSSR count). The maximum absolute atomic E-state index is 6.86. The van der Waals surface area contributed by atoms with E-state index in [2.05, 4.69) is 67.2 Å². The number of rotatable bonds is 22. The van der Waals surface area contributed by atoms with E-state index in [4.69, 9.17) is 8.85 Å². The average Bonchev–Trinajstić information content (AvgIpc) is 2.78. The van der Waals surface area contributed by atoms with Crippen molar-refractivity contribution in [2.45, 2.75) is 154 Å². The molecule has 5 heteroatoms. The molecule has 0 bridgehead atoms. The van der Waals surface area contributed by atoms with Gasteiger partial charge in [-0.05, 0) is 50.9 Å². The van der Waals surface area contributed by atoms with Crippen LogP contribution in [0.15, 0.2) is 0 Å². The summed E-state index contributed by atoms with van der Waals surface area (Å²) >= 11 is 2.36. The topological polar surface area (TPSA) is 18.5 Å². The zero-order valence-electron chi connectivity index (χ0n) is 22.7. The highest BCUT2D eigenvalue weighted by molar-refractivity contribution is 8.03. The quantitative estimate of drug-likeness (QED) is 0.141. The highest BCUT2D eigenvalue weighted by atomic mass is 32.2. The first-order valence-electron chi connectivity index (χ1n) is 13.9. The van der Waals surface area contributed by atoms with Crippen LogP contribution in [0, 0.1) is 0 Å². The van der Waals surface area contributed by atoms with E-state index in [0.717, 1.165) is 13.2 Å². The summed E-state index contributed by atoms with van der Waals surface area (Å²) in [5.74, 6) is 0. The molecular formula is C26H58O2SSi2. The van der Waals surface area contributed by atoms with Crippen molar-refractivity contribution in [2.24, 2.45) is 0 Å². The van der Waals surface area contributed by atoms with Gasteiger partial charge in [-0.1, -0.05) is 92.9 Å². The lowest BCUT2D eigenvalue weighted by atomic mass is 10.4. The van der Waals surface area contributed by atoms with E-state index in [-0.39, 0.29) is 0 Å². The smallest absolute Gasteiger partial charge is 0.205 e. The van der Waals surface area contributed by atoms with Crippen LogP contribution in [0.1, 0.15) is 120 Å². The molecular weight excluding hydrogens is 433 g/mol. The standard InChI is InChI=1S/C26H58O2SSi2/c1-9-17-21-30(27-15-7,22-18-10-2)25(13-5)29-26(14-6)31(28-16-8,23-19-11-3)24-20-12-4/h25-26H,9-24H2,1-8H3. The first-order chi connectivity index (χ1) is 15.0. The van der Waals surface area contributed by atoms with Crippen LogP contribution in [0.4, 0.5) is 0 Å². The van der Waals surface area contributed by atoms with E-state index < -0.39 is 16.6 Å². The van der Waals surface area contributed by atoms with Crippen molar-refractivity contribution in [3.8, 4) is 0 Å². The summed E-state index contributed by atoms with van der Waals surface area (Å²) in [5.41, 5.74) is 0. The zero-order valence-corrected chi connectivity index (χ0v) is 25.5. The lowest BCUT2D eigenvalue weighted by Gasteiger charge is -2.44. The summed E-state index contributed by atoms with van der Waals surface area (Å²) in [4.78, 5) is 1.43. The fraction of sp³-hybridized carbons (Fsp3) is 1.00. The van der Waals surface area contributed by atoms with Gasteiger partial charge in [-0.25, -0.2) is 0 Å². The predicted octanol–water partition coefficient (Wildman–Crippen LogP) is 9.52. The molecule has 0 aromatic carbocycles. The monoisotopic (exact) mass is 490 g/mol. The lowest BCUT2D eigenvalue weighted by Crippen LogP contribution is -2.54. The van der Waals surface area contributed by atoms with E-state index in [0.29, 0.717) is 9.75 Å². The van der Waals surface area contributed by atoms with Crippen molar-refractivity contribution in [1.29, 1.82) is 0 Å². The first kappa shape index (κ1) is 31.7. The SMILES string of the molecule is CCCC[Si](CCCC)(OCC)C(CC)SC(CC)[Si](CCCC)(CCCC)OCC. The summed E-state index contributed by atoms with van der Waals surface area (Å²) in [6.45, 7) is 20.5. The molecule has 0 saturated carbocycles. The second kappa shape index (κ2) is 19.1. The Balaban J connectivity index is 6.00. The van der Waals surface area contributed by atoms with Crippen LogP contribution in [-0.4, -0.2) is 39.6 Å². The second-order valence-corrected chi connectivity index (χ2v) is 19.8. The van der Waals surface area contributed by atoms with Gasteiger partial charge in [-0.15, -0.1) is 0 Å². The van der Waals surface area contributed by atoms with E-state index in [1.54, 1.807) is 0 Å². The van der Waals surface area contributed by atoms with Crippen molar-refractivity contribution in [3.63, 3.8) is 0 Å². The minimum Gasteiger partial charge on any atom is -0.416 e. The van der Waals surface area contributed by atoms with Crippen molar-refractivity contribution in [3.05, 3.63) is 0 Å². The second-order valence-electron chi connectivity index (χ2n) is 9.34. The fourth-order valence-electron chi connectivity index (χ4n) is 5.23. The van der Waals surface area contributed by atoms with Gasteiger partial charge in [-0.2, -0.15) is 11.8 Å². The maximum atomic E-state index is 6.86. The van der Waals surface area contributed by atoms with Crippen LogP contribution < -0.4 is 0 Å². The van der Waals surface area contributed by atoms with Gasteiger partial charge < -0.3 is 8.85 Å². The Labute approximate surface area is 203 Å². The fourth-order valence-corrected chi connectivity index (χ4v) is 20.4. The molecule has 0 aromatic rings. The highest BCUT2D eigenvalue weighted by Gasteiger charge is 2.47. The molecule has 0 amide bonds. The van der Waals surface area contributed by atoms with Gasteiger partial charge in [0.15, 0.2) is 0 Å². The minimum atomic E-state index is -1.78. The summed E-state index contributed by atoms with van der Waals surface area (Å²) in [6.07, 6.45) is 13.0. The molecule has 0 aromatic heterocycles. The van der Waals surface area contributed by atoms with Gasteiger partial charge in [0.25, 0.3) is 0 Å². The molecule has 0 heterocycles. The van der Waals surface area contributed by atoms with Crippen molar-refractivity contribution >= 4 is 28.4 Å². The summed E-state index contributed by atoms with van der Waals surface area (Å²) in [6, 6.07) is 5.41. The zero-order chi connectivity index (χ0) is 23.6. The van der Waals surface area contributed by atoms with Crippen LogP contribution >= 0.6 is 11.8 Å². The van der Waals surface area contributed by atoms with E-state index in [1.165, 1.54) is 88.4 Å². The molecule has 0 aliphatic rings. The first-order valence-corrected chi connectivity index (χ1v) is 19.7. The van der Waals surface area contributed by atoms with Gasteiger partial charge in [0.1, 0.15) is 0 Å². The van der Waals surface area contributed by atoms with Crippen molar-refractivity contribution in [2.75, 3.05) is 13.2 Å². The van der Waals surface area contributed by atoms with Gasteiger partial charge >= 0.3 is 0 Å². The van der Waals surface area contributed by atoms with Crippen molar-refractivity contribution in [1.82, 2.24) is 0 Å². The molecule has 0 aliphatic heterocycles. The molecule has 0 spiro atoms. The molecule has 31 heavy (non-hydrogen) atoms. The summed E-state index contributed by atoms with van der Waals surface area (Å²) in [7, 11) is -3.56. The number of unbranched alkanes of at least 4 members (excludes halogenated alkanes) is 4.